The van der Waals surface area contributed by atoms with Gasteiger partial charge in [-0.15, -0.1) is 0 Å². The van der Waals surface area contributed by atoms with E-state index in [-0.39, 0.29) is 12.5 Å². The van der Waals surface area contributed by atoms with Gasteiger partial charge in [-0.2, -0.15) is 26.3 Å². The third-order valence-electron chi connectivity index (χ3n) is 3.49. The lowest BCUT2D eigenvalue weighted by molar-refractivity contribution is -0.143. The zero-order chi connectivity index (χ0) is 19.5. The Bertz CT molecular complexity index is 739. The van der Waals surface area contributed by atoms with Crippen molar-refractivity contribution in [1.29, 1.82) is 0 Å². The van der Waals surface area contributed by atoms with Crippen molar-refractivity contribution >= 4 is 11.6 Å². The van der Waals surface area contributed by atoms with Gasteiger partial charge in [0.2, 0.25) is 5.91 Å². The second-order valence-electron chi connectivity index (χ2n) is 5.58. The second-order valence-corrected chi connectivity index (χ2v) is 5.58. The third kappa shape index (κ3) is 5.22. The lowest BCUT2D eigenvalue weighted by Crippen LogP contribution is -2.37. The minimum atomic E-state index is -4.99. The van der Waals surface area contributed by atoms with Crippen molar-refractivity contribution < 1.29 is 31.1 Å². The zero-order valence-corrected chi connectivity index (χ0v) is 13.2. The number of rotatable bonds is 4. The molecule has 26 heavy (non-hydrogen) atoms. The van der Waals surface area contributed by atoms with Gasteiger partial charge in [-0.25, -0.2) is 0 Å². The van der Waals surface area contributed by atoms with Crippen LogP contribution in [0.4, 0.5) is 32.0 Å². The summed E-state index contributed by atoms with van der Waals surface area (Å²) in [4.78, 5) is 12.0. The maximum atomic E-state index is 12.8. The molecule has 3 N–H and O–H groups in total. The highest BCUT2D eigenvalue weighted by Gasteiger charge is 2.37. The van der Waals surface area contributed by atoms with E-state index in [2.05, 4.69) is 0 Å². The summed E-state index contributed by atoms with van der Waals surface area (Å²) in [7, 11) is 0. The maximum Gasteiger partial charge on any atom is 0.416 e. The first-order chi connectivity index (χ1) is 12.0. The number of anilines is 1. The molecule has 0 fully saturated rings. The summed E-state index contributed by atoms with van der Waals surface area (Å²) in [5.41, 5.74) is 2.74. The van der Waals surface area contributed by atoms with Crippen molar-refractivity contribution in [3.8, 4) is 0 Å². The van der Waals surface area contributed by atoms with Crippen molar-refractivity contribution in [2.45, 2.75) is 24.8 Å². The van der Waals surface area contributed by atoms with E-state index >= 15 is 0 Å². The van der Waals surface area contributed by atoms with Crippen LogP contribution in [0.15, 0.2) is 48.5 Å². The fraction of sp³-hybridized carbons (Fsp3) is 0.235. The van der Waals surface area contributed by atoms with Crippen molar-refractivity contribution in [3.63, 3.8) is 0 Å². The van der Waals surface area contributed by atoms with E-state index in [1.165, 1.54) is 0 Å². The van der Waals surface area contributed by atoms with Crippen molar-refractivity contribution in [2.75, 3.05) is 5.32 Å². The number of alkyl halides is 6. The Hall–Kier alpha value is -2.55. The van der Waals surface area contributed by atoms with Gasteiger partial charge in [0.25, 0.3) is 0 Å². The van der Waals surface area contributed by atoms with Crippen LogP contribution in [0, 0.1) is 0 Å². The summed E-state index contributed by atoms with van der Waals surface area (Å²) in [6.07, 6.45) is -9.91. The Morgan fingerprint density at radius 2 is 1.42 bits per heavy atom. The molecule has 0 spiro atoms. The van der Waals surface area contributed by atoms with E-state index < -0.39 is 41.1 Å². The molecule has 140 valence electrons. The topological polar surface area (TPSA) is 55.1 Å². The van der Waals surface area contributed by atoms with Crippen LogP contribution in [0.3, 0.4) is 0 Å². The SMILES string of the molecule is NC(Cc1ccccc1)C(=O)Nc1cc(C(F)(F)F)cc(C(F)(F)F)c1. The first-order valence-corrected chi connectivity index (χ1v) is 7.36. The number of hydrogen-bond donors (Lipinski definition) is 2. The van der Waals surface area contributed by atoms with E-state index in [0.29, 0.717) is 17.7 Å². The predicted octanol–water partition coefficient (Wildman–Crippen LogP) is 4.23. The van der Waals surface area contributed by atoms with Crippen LogP contribution in [0.5, 0.6) is 0 Å². The van der Waals surface area contributed by atoms with E-state index in [0.717, 1.165) is 0 Å². The zero-order valence-electron chi connectivity index (χ0n) is 13.2. The Morgan fingerprint density at radius 3 is 1.88 bits per heavy atom. The molecule has 2 rings (SSSR count). The predicted molar refractivity (Wildman–Crippen MR) is 83.2 cm³/mol. The van der Waals surface area contributed by atoms with Gasteiger partial charge in [0.05, 0.1) is 17.2 Å². The fourth-order valence-corrected chi connectivity index (χ4v) is 2.22. The van der Waals surface area contributed by atoms with Gasteiger partial charge in [-0.3, -0.25) is 4.79 Å². The highest BCUT2D eigenvalue weighted by atomic mass is 19.4. The number of halogens is 6. The Morgan fingerprint density at radius 1 is 0.923 bits per heavy atom. The molecule has 3 nitrogen and oxygen atoms in total. The van der Waals surface area contributed by atoms with Crippen LogP contribution in [-0.2, 0) is 23.6 Å². The fourth-order valence-electron chi connectivity index (χ4n) is 2.22. The average Bonchev–Trinajstić information content (AvgIpc) is 2.53. The molecule has 1 amide bonds. The van der Waals surface area contributed by atoms with E-state index in [4.69, 9.17) is 5.73 Å². The lowest BCUT2D eigenvalue weighted by atomic mass is 10.1. The highest BCUT2D eigenvalue weighted by Crippen LogP contribution is 2.37. The van der Waals surface area contributed by atoms with Gasteiger partial charge >= 0.3 is 12.4 Å². The van der Waals surface area contributed by atoms with E-state index in [1.54, 1.807) is 30.3 Å². The molecule has 0 saturated heterocycles. The number of carbonyl (C=O) groups excluding carboxylic acids is 1. The van der Waals surface area contributed by atoms with Gasteiger partial charge in [0, 0.05) is 5.69 Å². The molecule has 9 heteroatoms. The van der Waals surface area contributed by atoms with Gasteiger partial charge in [0.15, 0.2) is 0 Å². The molecule has 2 aromatic carbocycles. The molecule has 1 unspecified atom stereocenters. The summed E-state index contributed by atoms with van der Waals surface area (Å²) < 4.78 is 76.9. The van der Waals surface area contributed by atoms with E-state index in [1.807, 2.05) is 5.32 Å². The van der Waals surface area contributed by atoms with Crippen LogP contribution in [0.1, 0.15) is 16.7 Å². The molecule has 1 atom stereocenters. The van der Waals surface area contributed by atoms with Crippen molar-refractivity contribution in [2.24, 2.45) is 5.73 Å². The first-order valence-electron chi connectivity index (χ1n) is 7.36. The second kappa shape index (κ2) is 7.36. The Balaban J connectivity index is 2.23. The number of amides is 1. The Labute approximate surface area is 144 Å². The molecule has 0 aliphatic carbocycles. The molecule has 0 aliphatic rings. The minimum absolute atomic E-state index is 0.0143. The quantitative estimate of drug-likeness (QED) is 0.785. The summed E-state index contributed by atoms with van der Waals surface area (Å²) in [5, 5.41) is 2.02. The highest BCUT2D eigenvalue weighted by molar-refractivity contribution is 5.95. The van der Waals surface area contributed by atoms with Gasteiger partial charge in [-0.05, 0) is 30.2 Å². The third-order valence-corrected chi connectivity index (χ3v) is 3.49. The minimum Gasteiger partial charge on any atom is -0.325 e. The van der Waals surface area contributed by atoms with Crippen LogP contribution >= 0.6 is 0 Å². The van der Waals surface area contributed by atoms with Crippen LogP contribution in [0.2, 0.25) is 0 Å². The molecule has 0 radical (unpaired) electrons. The number of hydrogen-bond acceptors (Lipinski definition) is 2. The monoisotopic (exact) mass is 376 g/mol. The van der Waals surface area contributed by atoms with Crippen LogP contribution in [0.25, 0.3) is 0 Å². The molecule has 0 heterocycles. The smallest absolute Gasteiger partial charge is 0.325 e. The Kier molecular flexibility index (Phi) is 5.60. The van der Waals surface area contributed by atoms with Crippen molar-refractivity contribution in [1.82, 2.24) is 0 Å². The maximum absolute atomic E-state index is 12.8. The number of carbonyl (C=O) groups is 1. The standard InChI is InChI=1S/C17H14F6N2O/c18-16(19,20)11-7-12(17(21,22)23)9-13(8-11)25-15(26)14(24)6-10-4-2-1-3-5-10/h1-5,7-9,14H,6,24H2,(H,25,26). The van der Waals surface area contributed by atoms with Gasteiger partial charge in [-0.1, -0.05) is 30.3 Å². The molecular weight excluding hydrogens is 362 g/mol. The average molecular weight is 376 g/mol. The molecule has 2 aromatic rings. The summed E-state index contributed by atoms with van der Waals surface area (Å²) >= 11 is 0. The number of nitrogens with two attached hydrogens (primary N) is 1. The van der Waals surface area contributed by atoms with E-state index in [9.17, 15) is 31.1 Å². The van der Waals surface area contributed by atoms with Gasteiger partial charge < -0.3 is 11.1 Å². The van der Waals surface area contributed by atoms with Crippen molar-refractivity contribution in [3.05, 3.63) is 65.2 Å². The molecule has 0 saturated carbocycles. The summed E-state index contributed by atoms with van der Waals surface area (Å²) in [5.74, 6) is -0.888. The first kappa shape index (κ1) is 19.8. The molecular formula is C17H14F6N2O. The molecule has 0 aromatic heterocycles. The lowest BCUT2D eigenvalue weighted by Gasteiger charge is -2.16. The van der Waals surface area contributed by atoms with Gasteiger partial charge in [0.1, 0.15) is 0 Å². The normalized spacial score (nSPS) is 13.3. The number of benzene rings is 2. The summed E-state index contributed by atoms with van der Waals surface area (Å²) in [6.45, 7) is 0. The van der Waals surface area contributed by atoms with Crippen LogP contribution in [-0.4, -0.2) is 11.9 Å². The largest absolute Gasteiger partial charge is 0.416 e. The number of nitrogens with one attached hydrogen (secondary N) is 1. The molecule has 0 bridgehead atoms. The molecule has 0 aliphatic heterocycles. The van der Waals surface area contributed by atoms with Crippen LogP contribution < -0.4 is 11.1 Å². The summed E-state index contributed by atoms with van der Waals surface area (Å²) in [6, 6.07) is 8.27.